The highest BCUT2D eigenvalue weighted by Crippen LogP contribution is 2.39. The SMILES string of the molecule is Cc1cccc(NC2(CN)CCCC(C)C2C)c1. The van der Waals surface area contributed by atoms with Gasteiger partial charge in [0.1, 0.15) is 0 Å². The second-order valence-corrected chi connectivity index (χ2v) is 6.01. The minimum Gasteiger partial charge on any atom is -0.378 e. The highest BCUT2D eigenvalue weighted by atomic mass is 15.0. The summed E-state index contributed by atoms with van der Waals surface area (Å²) in [4.78, 5) is 0. The molecule has 0 aliphatic heterocycles. The van der Waals surface area contributed by atoms with Crippen LogP contribution in [0.15, 0.2) is 24.3 Å². The Kier molecular flexibility index (Phi) is 3.96. The maximum atomic E-state index is 6.11. The van der Waals surface area contributed by atoms with Gasteiger partial charge in [-0.25, -0.2) is 0 Å². The van der Waals surface area contributed by atoms with Gasteiger partial charge in [0.05, 0.1) is 5.54 Å². The van der Waals surface area contributed by atoms with Gasteiger partial charge in [-0.2, -0.15) is 0 Å². The van der Waals surface area contributed by atoms with Crippen molar-refractivity contribution in [3.63, 3.8) is 0 Å². The summed E-state index contributed by atoms with van der Waals surface area (Å²) in [6.45, 7) is 7.55. The summed E-state index contributed by atoms with van der Waals surface area (Å²) in [6.07, 6.45) is 3.79. The standard InChI is InChI=1S/C16H26N2/c1-12-6-4-8-15(10-12)18-16(11-17)9-5-7-13(2)14(16)3/h4,6,8,10,13-14,18H,5,7,9,11,17H2,1-3H3. The van der Waals surface area contributed by atoms with Gasteiger partial charge in [-0.05, 0) is 42.9 Å². The van der Waals surface area contributed by atoms with Crippen LogP contribution < -0.4 is 11.1 Å². The summed E-state index contributed by atoms with van der Waals surface area (Å²) >= 11 is 0. The molecule has 0 radical (unpaired) electrons. The van der Waals surface area contributed by atoms with E-state index in [-0.39, 0.29) is 5.54 Å². The molecular formula is C16H26N2. The minimum atomic E-state index is 0.0749. The smallest absolute Gasteiger partial charge is 0.0523 e. The van der Waals surface area contributed by atoms with Crippen LogP contribution in [0.25, 0.3) is 0 Å². The number of benzene rings is 1. The summed E-state index contributed by atoms with van der Waals surface area (Å²) in [6, 6.07) is 8.60. The van der Waals surface area contributed by atoms with Crippen LogP contribution in [0.3, 0.4) is 0 Å². The Hall–Kier alpha value is -1.02. The molecule has 0 saturated heterocycles. The Balaban J connectivity index is 2.22. The number of aryl methyl sites for hydroxylation is 1. The zero-order valence-corrected chi connectivity index (χ0v) is 11.9. The Morgan fingerprint density at radius 3 is 2.83 bits per heavy atom. The predicted molar refractivity (Wildman–Crippen MR) is 78.8 cm³/mol. The van der Waals surface area contributed by atoms with E-state index in [0.717, 1.165) is 5.92 Å². The van der Waals surface area contributed by atoms with E-state index >= 15 is 0 Å². The number of hydrogen-bond acceptors (Lipinski definition) is 2. The lowest BCUT2D eigenvalue weighted by Gasteiger charge is -2.46. The van der Waals surface area contributed by atoms with Crippen LogP contribution in [0.2, 0.25) is 0 Å². The van der Waals surface area contributed by atoms with E-state index in [9.17, 15) is 0 Å². The van der Waals surface area contributed by atoms with Gasteiger partial charge in [0, 0.05) is 12.2 Å². The van der Waals surface area contributed by atoms with Crippen molar-refractivity contribution in [3.8, 4) is 0 Å². The minimum absolute atomic E-state index is 0.0749. The van der Waals surface area contributed by atoms with E-state index in [2.05, 4.69) is 50.4 Å². The van der Waals surface area contributed by atoms with Gasteiger partial charge in [0.15, 0.2) is 0 Å². The summed E-state index contributed by atoms with van der Waals surface area (Å²) < 4.78 is 0. The van der Waals surface area contributed by atoms with Gasteiger partial charge in [-0.1, -0.05) is 38.8 Å². The molecule has 0 bridgehead atoms. The van der Waals surface area contributed by atoms with Crippen molar-refractivity contribution in [1.29, 1.82) is 0 Å². The molecule has 3 unspecified atom stereocenters. The largest absolute Gasteiger partial charge is 0.378 e. The normalized spacial score (nSPS) is 32.2. The lowest BCUT2D eigenvalue weighted by molar-refractivity contribution is 0.168. The zero-order valence-electron chi connectivity index (χ0n) is 11.9. The summed E-state index contributed by atoms with van der Waals surface area (Å²) in [5.74, 6) is 1.37. The lowest BCUT2D eigenvalue weighted by atomic mass is 9.68. The Morgan fingerprint density at radius 2 is 2.17 bits per heavy atom. The Morgan fingerprint density at radius 1 is 1.39 bits per heavy atom. The number of nitrogens with two attached hydrogens (primary N) is 1. The van der Waals surface area contributed by atoms with Gasteiger partial charge in [0.2, 0.25) is 0 Å². The van der Waals surface area contributed by atoms with E-state index in [1.807, 2.05) is 0 Å². The monoisotopic (exact) mass is 246 g/mol. The third-order valence-corrected chi connectivity index (χ3v) is 4.78. The summed E-state index contributed by atoms with van der Waals surface area (Å²) in [5, 5.41) is 3.74. The Labute approximate surface area is 111 Å². The van der Waals surface area contributed by atoms with Crippen LogP contribution in [0.5, 0.6) is 0 Å². The van der Waals surface area contributed by atoms with Crippen LogP contribution >= 0.6 is 0 Å². The molecule has 3 atom stereocenters. The molecule has 0 heterocycles. The van der Waals surface area contributed by atoms with Gasteiger partial charge in [0.25, 0.3) is 0 Å². The second kappa shape index (κ2) is 5.31. The van der Waals surface area contributed by atoms with Gasteiger partial charge < -0.3 is 11.1 Å². The molecular weight excluding hydrogens is 220 g/mol. The fourth-order valence-corrected chi connectivity index (χ4v) is 3.29. The first-order valence-corrected chi connectivity index (χ1v) is 7.12. The average molecular weight is 246 g/mol. The molecule has 2 rings (SSSR count). The fourth-order valence-electron chi connectivity index (χ4n) is 3.29. The predicted octanol–water partition coefficient (Wildman–Crippen LogP) is 3.56. The number of anilines is 1. The van der Waals surface area contributed by atoms with E-state index in [1.165, 1.54) is 30.5 Å². The summed E-state index contributed by atoms with van der Waals surface area (Å²) in [7, 11) is 0. The molecule has 1 aliphatic carbocycles. The molecule has 1 aromatic rings. The van der Waals surface area contributed by atoms with Gasteiger partial charge in [-0.3, -0.25) is 0 Å². The second-order valence-electron chi connectivity index (χ2n) is 6.01. The maximum Gasteiger partial charge on any atom is 0.0523 e. The highest BCUT2D eigenvalue weighted by molar-refractivity contribution is 5.48. The number of hydrogen-bond donors (Lipinski definition) is 2. The molecule has 100 valence electrons. The van der Waals surface area contributed by atoms with Crippen molar-refractivity contribution in [3.05, 3.63) is 29.8 Å². The molecule has 1 aliphatic rings. The van der Waals surface area contributed by atoms with E-state index in [4.69, 9.17) is 5.73 Å². The van der Waals surface area contributed by atoms with Crippen molar-refractivity contribution in [2.24, 2.45) is 17.6 Å². The molecule has 0 amide bonds. The molecule has 0 aromatic heterocycles. The third-order valence-electron chi connectivity index (χ3n) is 4.78. The van der Waals surface area contributed by atoms with Crippen molar-refractivity contribution < 1.29 is 0 Å². The highest BCUT2D eigenvalue weighted by Gasteiger charge is 2.40. The average Bonchev–Trinajstić information content (AvgIpc) is 2.35. The van der Waals surface area contributed by atoms with Crippen LogP contribution in [-0.2, 0) is 0 Å². The van der Waals surface area contributed by atoms with Gasteiger partial charge >= 0.3 is 0 Å². The topological polar surface area (TPSA) is 38.0 Å². The molecule has 18 heavy (non-hydrogen) atoms. The number of rotatable bonds is 3. The first-order valence-electron chi connectivity index (χ1n) is 7.12. The first-order chi connectivity index (χ1) is 8.57. The van der Waals surface area contributed by atoms with Crippen molar-refractivity contribution >= 4 is 5.69 Å². The van der Waals surface area contributed by atoms with E-state index in [1.54, 1.807) is 0 Å². The van der Waals surface area contributed by atoms with E-state index < -0.39 is 0 Å². The maximum absolute atomic E-state index is 6.11. The third kappa shape index (κ3) is 2.54. The van der Waals surface area contributed by atoms with Gasteiger partial charge in [-0.15, -0.1) is 0 Å². The molecule has 1 aromatic carbocycles. The van der Waals surface area contributed by atoms with Crippen molar-refractivity contribution in [2.45, 2.75) is 45.6 Å². The van der Waals surface area contributed by atoms with Crippen molar-refractivity contribution in [1.82, 2.24) is 0 Å². The molecule has 3 N–H and O–H groups in total. The molecule has 2 nitrogen and oxygen atoms in total. The van der Waals surface area contributed by atoms with Crippen LogP contribution in [0.4, 0.5) is 5.69 Å². The quantitative estimate of drug-likeness (QED) is 0.856. The fraction of sp³-hybridized carbons (Fsp3) is 0.625. The number of nitrogens with one attached hydrogen (secondary N) is 1. The Bertz CT molecular complexity index is 402. The van der Waals surface area contributed by atoms with Crippen LogP contribution in [0.1, 0.15) is 38.7 Å². The van der Waals surface area contributed by atoms with Crippen molar-refractivity contribution in [2.75, 3.05) is 11.9 Å². The van der Waals surface area contributed by atoms with E-state index in [0.29, 0.717) is 12.5 Å². The molecule has 2 heteroatoms. The first kappa shape index (κ1) is 13.4. The molecule has 1 fully saturated rings. The molecule has 1 saturated carbocycles. The van der Waals surface area contributed by atoms with Crippen LogP contribution in [0, 0.1) is 18.8 Å². The molecule has 0 spiro atoms. The zero-order chi connectivity index (χ0) is 13.2. The van der Waals surface area contributed by atoms with Crippen LogP contribution in [-0.4, -0.2) is 12.1 Å². The lowest BCUT2D eigenvalue weighted by Crippen LogP contribution is -2.54. The summed E-state index contributed by atoms with van der Waals surface area (Å²) in [5.41, 5.74) is 8.69.